The monoisotopic (exact) mass is 292 g/mol. The predicted molar refractivity (Wildman–Crippen MR) is 81.9 cm³/mol. The summed E-state index contributed by atoms with van der Waals surface area (Å²) in [5.41, 5.74) is 6.40. The summed E-state index contributed by atoms with van der Waals surface area (Å²) in [6.07, 6.45) is 3.10. The predicted octanol–water partition coefficient (Wildman–Crippen LogP) is 2.05. The molecule has 2 N–H and O–H groups in total. The fourth-order valence-electron chi connectivity index (χ4n) is 3.00. The molecule has 116 valence electrons. The molecule has 1 amide bonds. The SMILES string of the molecule is COc1ccc(C(=O)N2C(C)CCCC2CN)c(OC)c1. The summed E-state index contributed by atoms with van der Waals surface area (Å²) >= 11 is 0. The van der Waals surface area contributed by atoms with E-state index in [1.165, 1.54) is 0 Å². The van der Waals surface area contributed by atoms with Gasteiger partial charge in [-0.1, -0.05) is 0 Å². The van der Waals surface area contributed by atoms with Gasteiger partial charge in [0, 0.05) is 24.7 Å². The molecule has 1 aromatic carbocycles. The Kier molecular flexibility index (Phi) is 5.07. The van der Waals surface area contributed by atoms with Gasteiger partial charge in [-0.05, 0) is 38.3 Å². The molecule has 1 aliphatic rings. The second kappa shape index (κ2) is 6.80. The molecule has 1 heterocycles. The van der Waals surface area contributed by atoms with Gasteiger partial charge >= 0.3 is 0 Å². The van der Waals surface area contributed by atoms with Crippen molar-refractivity contribution in [2.24, 2.45) is 5.73 Å². The van der Waals surface area contributed by atoms with E-state index < -0.39 is 0 Å². The average molecular weight is 292 g/mol. The average Bonchev–Trinajstić information content (AvgIpc) is 2.53. The van der Waals surface area contributed by atoms with Crippen molar-refractivity contribution in [3.8, 4) is 11.5 Å². The first kappa shape index (κ1) is 15.6. The number of likely N-dealkylation sites (tertiary alicyclic amines) is 1. The van der Waals surface area contributed by atoms with E-state index in [0.29, 0.717) is 23.6 Å². The molecule has 0 bridgehead atoms. The Hall–Kier alpha value is -1.75. The number of ether oxygens (including phenoxy) is 2. The number of amides is 1. The Bertz CT molecular complexity index is 504. The molecule has 1 saturated heterocycles. The Balaban J connectivity index is 2.33. The van der Waals surface area contributed by atoms with Crippen molar-refractivity contribution in [2.75, 3.05) is 20.8 Å². The summed E-state index contributed by atoms with van der Waals surface area (Å²) < 4.78 is 10.5. The third-order valence-corrected chi connectivity index (χ3v) is 4.17. The van der Waals surface area contributed by atoms with Gasteiger partial charge in [0.25, 0.3) is 5.91 Å². The van der Waals surface area contributed by atoms with Gasteiger partial charge < -0.3 is 20.1 Å². The highest BCUT2D eigenvalue weighted by Crippen LogP contribution is 2.30. The lowest BCUT2D eigenvalue weighted by Crippen LogP contribution is -2.51. The molecular weight excluding hydrogens is 268 g/mol. The zero-order chi connectivity index (χ0) is 15.4. The van der Waals surface area contributed by atoms with Crippen LogP contribution in [0.25, 0.3) is 0 Å². The maximum absolute atomic E-state index is 12.9. The van der Waals surface area contributed by atoms with Crippen LogP contribution in [0.1, 0.15) is 36.5 Å². The van der Waals surface area contributed by atoms with Crippen LogP contribution in [-0.4, -0.2) is 43.7 Å². The summed E-state index contributed by atoms with van der Waals surface area (Å²) in [5, 5.41) is 0. The van der Waals surface area contributed by atoms with Gasteiger partial charge in [0.1, 0.15) is 11.5 Å². The van der Waals surface area contributed by atoms with Crippen LogP contribution in [0.2, 0.25) is 0 Å². The highest BCUT2D eigenvalue weighted by Gasteiger charge is 2.32. The lowest BCUT2D eigenvalue weighted by Gasteiger charge is -2.40. The minimum atomic E-state index is -0.0165. The highest BCUT2D eigenvalue weighted by atomic mass is 16.5. The van der Waals surface area contributed by atoms with Gasteiger partial charge in [0.2, 0.25) is 0 Å². The Morgan fingerprint density at radius 2 is 2.10 bits per heavy atom. The number of hydrogen-bond acceptors (Lipinski definition) is 4. The molecule has 0 saturated carbocycles. The number of carbonyl (C=O) groups is 1. The van der Waals surface area contributed by atoms with Crippen molar-refractivity contribution in [3.63, 3.8) is 0 Å². The van der Waals surface area contributed by atoms with Crippen molar-refractivity contribution in [2.45, 2.75) is 38.3 Å². The summed E-state index contributed by atoms with van der Waals surface area (Å²) in [7, 11) is 3.15. The first-order valence-corrected chi connectivity index (χ1v) is 7.37. The molecule has 0 aliphatic carbocycles. The van der Waals surface area contributed by atoms with Gasteiger partial charge in [-0.25, -0.2) is 0 Å². The van der Waals surface area contributed by atoms with Crippen LogP contribution in [-0.2, 0) is 0 Å². The molecular formula is C16H24N2O3. The van der Waals surface area contributed by atoms with E-state index >= 15 is 0 Å². The number of rotatable bonds is 4. The van der Waals surface area contributed by atoms with E-state index in [-0.39, 0.29) is 18.0 Å². The smallest absolute Gasteiger partial charge is 0.258 e. The molecule has 2 rings (SSSR count). The zero-order valence-corrected chi connectivity index (χ0v) is 13.0. The van der Waals surface area contributed by atoms with Crippen LogP contribution in [0.3, 0.4) is 0 Å². The van der Waals surface area contributed by atoms with Crippen LogP contribution in [0, 0.1) is 0 Å². The van der Waals surface area contributed by atoms with Gasteiger partial charge in [-0.2, -0.15) is 0 Å². The van der Waals surface area contributed by atoms with Crippen molar-refractivity contribution in [1.82, 2.24) is 4.90 Å². The van der Waals surface area contributed by atoms with Gasteiger partial charge in [0.15, 0.2) is 0 Å². The number of piperidine rings is 1. The third-order valence-electron chi connectivity index (χ3n) is 4.17. The lowest BCUT2D eigenvalue weighted by molar-refractivity contribution is 0.0491. The van der Waals surface area contributed by atoms with Crippen molar-refractivity contribution < 1.29 is 14.3 Å². The molecule has 5 nitrogen and oxygen atoms in total. The molecule has 1 aromatic rings. The largest absolute Gasteiger partial charge is 0.497 e. The van der Waals surface area contributed by atoms with E-state index in [1.807, 2.05) is 4.90 Å². The minimum Gasteiger partial charge on any atom is -0.497 e. The number of benzene rings is 1. The quantitative estimate of drug-likeness (QED) is 0.922. The molecule has 21 heavy (non-hydrogen) atoms. The van der Waals surface area contributed by atoms with Crippen LogP contribution in [0.4, 0.5) is 0 Å². The topological polar surface area (TPSA) is 64.8 Å². The molecule has 1 aliphatic heterocycles. The van der Waals surface area contributed by atoms with E-state index in [2.05, 4.69) is 6.92 Å². The second-order valence-electron chi connectivity index (χ2n) is 5.45. The molecule has 5 heteroatoms. The zero-order valence-electron chi connectivity index (χ0n) is 13.0. The first-order valence-electron chi connectivity index (χ1n) is 7.37. The fourth-order valence-corrected chi connectivity index (χ4v) is 3.00. The number of nitrogens with zero attached hydrogens (tertiary/aromatic N) is 1. The van der Waals surface area contributed by atoms with E-state index in [4.69, 9.17) is 15.2 Å². The van der Waals surface area contributed by atoms with E-state index in [9.17, 15) is 4.79 Å². The number of methoxy groups -OCH3 is 2. The van der Waals surface area contributed by atoms with Crippen LogP contribution < -0.4 is 15.2 Å². The standard InChI is InChI=1S/C16H24N2O3/c1-11-5-4-6-12(10-17)18(11)16(19)14-8-7-13(20-2)9-15(14)21-3/h7-9,11-12H,4-6,10,17H2,1-3H3. The van der Waals surface area contributed by atoms with Crippen molar-refractivity contribution in [1.29, 1.82) is 0 Å². The fraction of sp³-hybridized carbons (Fsp3) is 0.562. The maximum atomic E-state index is 12.9. The normalized spacial score (nSPS) is 22.0. The third kappa shape index (κ3) is 3.13. The Morgan fingerprint density at radius 1 is 1.33 bits per heavy atom. The van der Waals surface area contributed by atoms with Crippen LogP contribution >= 0.6 is 0 Å². The molecule has 0 radical (unpaired) electrons. The minimum absolute atomic E-state index is 0.0165. The molecule has 1 fully saturated rings. The summed E-state index contributed by atoms with van der Waals surface area (Å²) in [6, 6.07) is 5.58. The van der Waals surface area contributed by atoms with Crippen molar-refractivity contribution >= 4 is 5.91 Å². The molecule has 2 atom stereocenters. The first-order chi connectivity index (χ1) is 10.1. The Morgan fingerprint density at radius 3 is 2.71 bits per heavy atom. The van der Waals surface area contributed by atoms with E-state index in [1.54, 1.807) is 32.4 Å². The van der Waals surface area contributed by atoms with Crippen LogP contribution in [0.5, 0.6) is 11.5 Å². The highest BCUT2D eigenvalue weighted by molar-refractivity contribution is 5.97. The van der Waals surface area contributed by atoms with Crippen LogP contribution in [0.15, 0.2) is 18.2 Å². The number of hydrogen-bond donors (Lipinski definition) is 1. The second-order valence-corrected chi connectivity index (χ2v) is 5.45. The molecule has 2 unspecified atom stereocenters. The Labute approximate surface area is 126 Å². The maximum Gasteiger partial charge on any atom is 0.258 e. The van der Waals surface area contributed by atoms with Gasteiger partial charge in [-0.3, -0.25) is 4.79 Å². The number of nitrogens with two attached hydrogens (primary N) is 1. The van der Waals surface area contributed by atoms with Gasteiger partial charge in [0.05, 0.1) is 19.8 Å². The van der Waals surface area contributed by atoms with Gasteiger partial charge in [-0.15, -0.1) is 0 Å². The summed E-state index contributed by atoms with van der Waals surface area (Å²) in [6.45, 7) is 2.57. The van der Waals surface area contributed by atoms with Crippen molar-refractivity contribution in [3.05, 3.63) is 23.8 Å². The molecule has 0 spiro atoms. The molecule has 0 aromatic heterocycles. The van der Waals surface area contributed by atoms with E-state index in [0.717, 1.165) is 19.3 Å². The summed E-state index contributed by atoms with van der Waals surface area (Å²) in [4.78, 5) is 14.8. The lowest BCUT2D eigenvalue weighted by atomic mass is 9.95. The summed E-state index contributed by atoms with van der Waals surface area (Å²) in [5.74, 6) is 1.19. The number of carbonyl (C=O) groups excluding carboxylic acids is 1.